The van der Waals surface area contributed by atoms with Crippen LogP contribution in [0.4, 0.5) is 0 Å². The number of hydrogen-bond acceptors (Lipinski definition) is 3. The van der Waals surface area contributed by atoms with Gasteiger partial charge < -0.3 is 10.1 Å². The van der Waals surface area contributed by atoms with E-state index in [-0.39, 0.29) is 5.54 Å². The summed E-state index contributed by atoms with van der Waals surface area (Å²) < 4.78 is 5.55. The van der Waals surface area contributed by atoms with Crippen molar-refractivity contribution in [1.29, 1.82) is 0 Å². The summed E-state index contributed by atoms with van der Waals surface area (Å²) in [5.74, 6) is 0.892. The van der Waals surface area contributed by atoms with Crippen LogP contribution in [0.2, 0.25) is 0 Å². The van der Waals surface area contributed by atoms with Gasteiger partial charge in [0.2, 0.25) is 0 Å². The van der Waals surface area contributed by atoms with Crippen LogP contribution in [0.3, 0.4) is 0 Å². The summed E-state index contributed by atoms with van der Waals surface area (Å²) in [5.41, 5.74) is 0.239. The van der Waals surface area contributed by atoms with E-state index in [0.29, 0.717) is 0 Å². The number of hydrogen-bond donors (Lipinski definition) is 1. The third-order valence-corrected chi connectivity index (χ3v) is 3.75. The van der Waals surface area contributed by atoms with Crippen LogP contribution in [0.1, 0.15) is 26.7 Å². The van der Waals surface area contributed by atoms with E-state index >= 15 is 0 Å². The van der Waals surface area contributed by atoms with Crippen molar-refractivity contribution in [3.05, 3.63) is 0 Å². The van der Waals surface area contributed by atoms with Crippen molar-refractivity contribution in [1.82, 2.24) is 10.2 Å². The van der Waals surface area contributed by atoms with Crippen LogP contribution in [0.5, 0.6) is 0 Å². The number of nitrogens with one attached hydrogen (secondary N) is 1. The molecule has 2 heterocycles. The lowest BCUT2D eigenvalue weighted by molar-refractivity contribution is -0.0586. The van der Waals surface area contributed by atoms with Crippen LogP contribution >= 0.6 is 0 Å². The Balaban J connectivity index is 1.85. The van der Waals surface area contributed by atoms with Gasteiger partial charge in [0, 0.05) is 18.6 Å². The Kier molecular flexibility index (Phi) is 3.65. The maximum Gasteiger partial charge on any atom is 0.0645 e. The van der Waals surface area contributed by atoms with Crippen LogP contribution in [0.15, 0.2) is 0 Å². The van der Waals surface area contributed by atoms with Gasteiger partial charge in [0.15, 0.2) is 0 Å². The average Bonchev–Trinajstić information content (AvgIpc) is 2.23. The van der Waals surface area contributed by atoms with Gasteiger partial charge >= 0.3 is 0 Å². The first-order valence-corrected chi connectivity index (χ1v) is 6.22. The molecule has 15 heavy (non-hydrogen) atoms. The number of nitrogens with zero attached hydrogens (tertiary/aromatic N) is 1. The van der Waals surface area contributed by atoms with Gasteiger partial charge in [0.25, 0.3) is 0 Å². The van der Waals surface area contributed by atoms with E-state index in [1.807, 2.05) is 0 Å². The van der Waals surface area contributed by atoms with Crippen molar-refractivity contribution >= 4 is 0 Å². The highest BCUT2D eigenvalue weighted by Gasteiger charge is 2.32. The molecule has 0 saturated carbocycles. The van der Waals surface area contributed by atoms with Crippen molar-refractivity contribution in [3.8, 4) is 0 Å². The SMILES string of the molecule is CC1(C)COCCN1CC1CCNCC1. The van der Waals surface area contributed by atoms with Gasteiger partial charge in [0.1, 0.15) is 0 Å². The predicted molar refractivity (Wildman–Crippen MR) is 62.1 cm³/mol. The highest BCUT2D eigenvalue weighted by atomic mass is 16.5. The molecule has 3 nitrogen and oxygen atoms in total. The monoisotopic (exact) mass is 212 g/mol. The molecular weight excluding hydrogens is 188 g/mol. The quantitative estimate of drug-likeness (QED) is 0.742. The zero-order valence-corrected chi connectivity index (χ0v) is 10.1. The molecule has 0 amide bonds. The third kappa shape index (κ3) is 2.92. The summed E-state index contributed by atoms with van der Waals surface area (Å²) in [5, 5.41) is 3.43. The Morgan fingerprint density at radius 3 is 2.73 bits per heavy atom. The van der Waals surface area contributed by atoms with Crippen LogP contribution in [-0.2, 0) is 4.74 Å². The minimum Gasteiger partial charge on any atom is -0.378 e. The lowest BCUT2D eigenvalue weighted by atomic mass is 9.94. The van der Waals surface area contributed by atoms with Gasteiger partial charge in [-0.15, -0.1) is 0 Å². The predicted octanol–water partition coefficient (Wildman–Crippen LogP) is 1.10. The fourth-order valence-electron chi connectivity index (χ4n) is 2.60. The van der Waals surface area contributed by atoms with Gasteiger partial charge in [-0.2, -0.15) is 0 Å². The van der Waals surface area contributed by atoms with E-state index in [9.17, 15) is 0 Å². The Morgan fingerprint density at radius 1 is 1.33 bits per heavy atom. The standard InChI is InChI=1S/C12H24N2O/c1-12(2)10-15-8-7-14(12)9-11-3-5-13-6-4-11/h11,13H,3-10H2,1-2H3. The van der Waals surface area contributed by atoms with Crippen molar-refractivity contribution < 1.29 is 4.74 Å². The van der Waals surface area contributed by atoms with Crippen molar-refractivity contribution in [3.63, 3.8) is 0 Å². The molecule has 0 atom stereocenters. The van der Waals surface area contributed by atoms with Gasteiger partial charge in [-0.3, -0.25) is 4.90 Å². The van der Waals surface area contributed by atoms with Gasteiger partial charge in [-0.05, 0) is 45.7 Å². The molecule has 2 fully saturated rings. The van der Waals surface area contributed by atoms with Crippen molar-refractivity contribution in [2.75, 3.05) is 39.4 Å². The normalized spacial score (nSPS) is 29.2. The smallest absolute Gasteiger partial charge is 0.0645 e. The van der Waals surface area contributed by atoms with Crippen LogP contribution in [-0.4, -0.2) is 49.8 Å². The van der Waals surface area contributed by atoms with Gasteiger partial charge in [0.05, 0.1) is 13.2 Å². The van der Waals surface area contributed by atoms with Crippen molar-refractivity contribution in [2.24, 2.45) is 5.92 Å². The molecule has 0 aromatic rings. The molecule has 0 unspecified atom stereocenters. The minimum absolute atomic E-state index is 0.239. The zero-order valence-electron chi connectivity index (χ0n) is 10.1. The zero-order chi connectivity index (χ0) is 10.7. The molecule has 0 aliphatic carbocycles. The van der Waals surface area contributed by atoms with E-state index in [0.717, 1.165) is 25.7 Å². The average molecular weight is 212 g/mol. The Bertz CT molecular complexity index is 200. The largest absolute Gasteiger partial charge is 0.378 e. The molecule has 0 spiro atoms. The summed E-state index contributed by atoms with van der Waals surface area (Å²) in [7, 11) is 0. The molecule has 0 aromatic carbocycles. The molecule has 88 valence electrons. The maximum atomic E-state index is 5.55. The minimum atomic E-state index is 0.239. The summed E-state index contributed by atoms with van der Waals surface area (Å²) >= 11 is 0. The highest BCUT2D eigenvalue weighted by Crippen LogP contribution is 2.23. The Morgan fingerprint density at radius 2 is 2.07 bits per heavy atom. The number of piperidine rings is 1. The van der Waals surface area contributed by atoms with E-state index in [4.69, 9.17) is 4.74 Å². The number of rotatable bonds is 2. The third-order valence-electron chi connectivity index (χ3n) is 3.75. The first kappa shape index (κ1) is 11.4. The van der Waals surface area contributed by atoms with E-state index in [1.54, 1.807) is 0 Å². The molecule has 1 N–H and O–H groups in total. The summed E-state index contributed by atoms with van der Waals surface area (Å²) in [6.45, 7) is 11.2. The first-order valence-electron chi connectivity index (χ1n) is 6.22. The summed E-state index contributed by atoms with van der Waals surface area (Å²) in [4.78, 5) is 2.62. The van der Waals surface area contributed by atoms with E-state index < -0.39 is 0 Å². The maximum absolute atomic E-state index is 5.55. The second-order valence-electron chi connectivity index (χ2n) is 5.50. The molecule has 2 aliphatic heterocycles. The molecule has 2 rings (SSSR count). The topological polar surface area (TPSA) is 24.5 Å². The number of morpholine rings is 1. The van der Waals surface area contributed by atoms with Gasteiger partial charge in [-0.25, -0.2) is 0 Å². The van der Waals surface area contributed by atoms with Crippen LogP contribution in [0, 0.1) is 5.92 Å². The van der Waals surface area contributed by atoms with E-state index in [2.05, 4.69) is 24.1 Å². The molecule has 2 saturated heterocycles. The molecular formula is C12H24N2O. The second-order valence-corrected chi connectivity index (χ2v) is 5.50. The molecule has 0 bridgehead atoms. The molecule has 2 aliphatic rings. The fourth-order valence-corrected chi connectivity index (χ4v) is 2.60. The lowest BCUT2D eigenvalue weighted by Gasteiger charge is -2.44. The summed E-state index contributed by atoms with van der Waals surface area (Å²) in [6, 6.07) is 0. The second kappa shape index (κ2) is 4.81. The van der Waals surface area contributed by atoms with E-state index in [1.165, 1.54) is 32.5 Å². The van der Waals surface area contributed by atoms with Gasteiger partial charge in [-0.1, -0.05) is 0 Å². The fraction of sp³-hybridized carbons (Fsp3) is 1.00. The number of ether oxygens (including phenoxy) is 1. The Labute approximate surface area is 93.2 Å². The molecule has 0 radical (unpaired) electrons. The van der Waals surface area contributed by atoms with Crippen molar-refractivity contribution in [2.45, 2.75) is 32.2 Å². The highest BCUT2D eigenvalue weighted by molar-refractivity contribution is 4.86. The molecule has 0 aromatic heterocycles. The lowest BCUT2D eigenvalue weighted by Crippen LogP contribution is -2.54. The first-order chi connectivity index (χ1) is 7.18. The van der Waals surface area contributed by atoms with Crippen LogP contribution < -0.4 is 5.32 Å². The van der Waals surface area contributed by atoms with Crippen LogP contribution in [0.25, 0.3) is 0 Å². The molecule has 3 heteroatoms. The Hall–Kier alpha value is -0.120. The summed E-state index contributed by atoms with van der Waals surface area (Å²) in [6.07, 6.45) is 2.68.